The van der Waals surface area contributed by atoms with E-state index in [1.54, 1.807) is 31.2 Å². The zero-order chi connectivity index (χ0) is 26.5. The summed E-state index contributed by atoms with van der Waals surface area (Å²) in [5.74, 6) is -1.65. The molecule has 0 heterocycles. The molecule has 1 unspecified atom stereocenters. The zero-order valence-electron chi connectivity index (χ0n) is 20.2. The number of hydrogen-bond donors (Lipinski definition) is 1. The monoisotopic (exact) mass is 557 g/mol. The minimum absolute atomic E-state index is 0.000460. The minimum Gasteiger partial charge on any atom is -0.352 e. The van der Waals surface area contributed by atoms with Crippen LogP contribution in [0.3, 0.4) is 0 Å². The van der Waals surface area contributed by atoms with Gasteiger partial charge in [0.25, 0.3) is 0 Å². The minimum atomic E-state index is -3.95. The molecule has 0 spiro atoms. The van der Waals surface area contributed by atoms with E-state index in [-0.39, 0.29) is 29.2 Å². The first-order valence-corrected chi connectivity index (χ1v) is 14.3. The van der Waals surface area contributed by atoms with E-state index in [0.29, 0.717) is 10.6 Å². The highest BCUT2D eigenvalue weighted by atomic mass is 35.5. The smallest absolute Gasteiger partial charge is 0.244 e. The summed E-state index contributed by atoms with van der Waals surface area (Å²) in [5.41, 5.74) is 0.648. The van der Waals surface area contributed by atoms with Gasteiger partial charge in [0.2, 0.25) is 21.8 Å². The average Bonchev–Trinajstić information content (AvgIpc) is 2.83. The standard InChI is InChI=1S/C25H30Cl2FN3O4S/c1-17(25(33)29-19-9-4-3-5-10-19)30(15-18-8-6-7-11-21(18)26)24(32)16-31(36(2,34)35)20-12-13-23(28)22(27)14-20/h6-8,11-14,17,19H,3-5,9-10,15-16H2,1-2H3,(H,29,33). The molecule has 11 heteroatoms. The van der Waals surface area contributed by atoms with Gasteiger partial charge in [-0.1, -0.05) is 60.7 Å². The Labute approximate surface area is 221 Å². The highest BCUT2D eigenvalue weighted by Crippen LogP contribution is 2.26. The lowest BCUT2D eigenvalue weighted by atomic mass is 9.95. The SMILES string of the molecule is CC(C(=O)NC1CCCCC1)N(Cc1ccccc1Cl)C(=O)CN(c1ccc(F)c(Cl)c1)S(C)(=O)=O. The van der Waals surface area contributed by atoms with Crippen molar-refractivity contribution in [2.24, 2.45) is 0 Å². The fourth-order valence-corrected chi connectivity index (χ4v) is 5.43. The Hall–Kier alpha value is -2.36. The Bertz CT molecular complexity index is 1210. The number of benzene rings is 2. The molecule has 2 aromatic rings. The molecule has 0 radical (unpaired) electrons. The second-order valence-corrected chi connectivity index (χ2v) is 11.7. The Morgan fingerprint density at radius 1 is 1.08 bits per heavy atom. The van der Waals surface area contributed by atoms with E-state index >= 15 is 0 Å². The molecule has 1 fully saturated rings. The normalized spacial score (nSPS) is 15.2. The van der Waals surface area contributed by atoms with Gasteiger partial charge in [-0.3, -0.25) is 13.9 Å². The second kappa shape index (κ2) is 12.3. The largest absolute Gasteiger partial charge is 0.352 e. The number of anilines is 1. The first kappa shape index (κ1) is 28.2. The molecule has 7 nitrogen and oxygen atoms in total. The van der Waals surface area contributed by atoms with Crippen molar-refractivity contribution in [2.75, 3.05) is 17.1 Å². The first-order valence-electron chi connectivity index (χ1n) is 11.7. The van der Waals surface area contributed by atoms with Crippen molar-refractivity contribution in [3.8, 4) is 0 Å². The van der Waals surface area contributed by atoms with Crippen LogP contribution in [0.2, 0.25) is 10.0 Å². The maximum absolute atomic E-state index is 13.7. The van der Waals surface area contributed by atoms with Crippen LogP contribution in [0.15, 0.2) is 42.5 Å². The van der Waals surface area contributed by atoms with Crippen molar-refractivity contribution in [1.29, 1.82) is 0 Å². The summed E-state index contributed by atoms with van der Waals surface area (Å²) in [6.45, 7) is 0.998. The average molecular weight is 559 g/mol. The lowest BCUT2D eigenvalue weighted by Crippen LogP contribution is -2.53. The fraction of sp³-hybridized carbons (Fsp3) is 0.440. The van der Waals surface area contributed by atoms with Crippen LogP contribution < -0.4 is 9.62 Å². The highest BCUT2D eigenvalue weighted by molar-refractivity contribution is 7.92. The Morgan fingerprint density at radius 2 is 1.75 bits per heavy atom. The van der Waals surface area contributed by atoms with Crippen LogP contribution in [-0.2, 0) is 26.2 Å². The predicted molar refractivity (Wildman–Crippen MR) is 140 cm³/mol. The van der Waals surface area contributed by atoms with Crippen LogP contribution >= 0.6 is 23.2 Å². The summed E-state index contributed by atoms with van der Waals surface area (Å²) in [6, 6.07) is 9.48. The maximum Gasteiger partial charge on any atom is 0.244 e. The lowest BCUT2D eigenvalue weighted by Gasteiger charge is -2.33. The summed E-state index contributed by atoms with van der Waals surface area (Å²) in [6.07, 6.45) is 5.90. The molecule has 2 aromatic carbocycles. The molecule has 36 heavy (non-hydrogen) atoms. The third-order valence-electron chi connectivity index (χ3n) is 6.29. The van der Waals surface area contributed by atoms with Crippen LogP contribution in [0.4, 0.5) is 10.1 Å². The molecule has 2 amide bonds. The van der Waals surface area contributed by atoms with Gasteiger partial charge in [0.15, 0.2) is 0 Å². The van der Waals surface area contributed by atoms with Crippen molar-refractivity contribution in [1.82, 2.24) is 10.2 Å². The van der Waals surface area contributed by atoms with E-state index in [1.165, 1.54) is 11.0 Å². The van der Waals surface area contributed by atoms with Gasteiger partial charge in [-0.05, 0) is 49.6 Å². The number of sulfonamides is 1. The number of carbonyl (C=O) groups excluding carboxylic acids is 2. The van der Waals surface area contributed by atoms with Crippen molar-refractivity contribution in [3.05, 3.63) is 63.9 Å². The molecule has 1 aliphatic rings. The Morgan fingerprint density at radius 3 is 2.36 bits per heavy atom. The van der Waals surface area contributed by atoms with Gasteiger partial charge in [-0.15, -0.1) is 0 Å². The van der Waals surface area contributed by atoms with Gasteiger partial charge in [0.05, 0.1) is 17.0 Å². The molecule has 3 rings (SSSR count). The van der Waals surface area contributed by atoms with Gasteiger partial charge in [-0.25, -0.2) is 12.8 Å². The quantitative estimate of drug-likeness (QED) is 0.481. The molecule has 1 N–H and O–H groups in total. The van der Waals surface area contributed by atoms with Crippen molar-refractivity contribution in [2.45, 2.75) is 57.7 Å². The Balaban J connectivity index is 1.89. The molecule has 0 aromatic heterocycles. The topological polar surface area (TPSA) is 86.8 Å². The molecule has 0 bridgehead atoms. The van der Waals surface area contributed by atoms with E-state index in [2.05, 4.69) is 5.32 Å². The van der Waals surface area contributed by atoms with E-state index in [4.69, 9.17) is 23.2 Å². The third-order valence-corrected chi connectivity index (χ3v) is 8.09. The van der Waals surface area contributed by atoms with Crippen molar-refractivity contribution >= 4 is 50.7 Å². The van der Waals surface area contributed by atoms with E-state index < -0.39 is 34.3 Å². The van der Waals surface area contributed by atoms with Crippen molar-refractivity contribution in [3.63, 3.8) is 0 Å². The molecule has 1 atom stereocenters. The first-order chi connectivity index (χ1) is 17.0. The number of amides is 2. The number of carbonyl (C=O) groups is 2. The van der Waals surface area contributed by atoms with Gasteiger partial charge in [0.1, 0.15) is 18.4 Å². The maximum atomic E-state index is 13.7. The molecule has 196 valence electrons. The highest BCUT2D eigenvalue weighted by Gasteiger charge is 2.31. The van der Waals surface area contributed by atoms with Gasteiger partial charge in [0, 0.05) is 17.6 Å². The lowest BCUT2D eigenvalue weighted by molar-refractivity contribution is -0.139. The molecular formula is C25H30Cl2FN3O4S. The summed E-state index contributed by atoms with van der Waals surface area (Å²) >= 11 is 12.2. The van der Waals surface area contributed by atoms with E-state index in [9.17, 15) is 22.4 Å². The number of nitrogens with zero attached hydrogens (tertiary/aromatic N) is 2. The zero-order valence-corrected chi connectivity index (χ0v) is 22.5. The van der Waals surface area contributed by atoms with Gasteiger partial charge in [-0.2, -0.15) is 0 Å². The van der Waals surface area contributed by atoms with E-state index in [1.807, 2.05) is 0 Å². The Kier molecular flexibility index (Phi) is 9.60. The number of halogens is 3. The van der Waals surface area contributed by atoms with Crippen LogP contribution in [0.1, 0.15) is 44.6 Å². The van der Waals surface area contributed by atoms with Gasteiger partial charge >= 0.3 is 0 Å². The number of nitrogens with one attached hydrogen (secondary N) is 1. The summed E-state index contributed by atoms with van der Waals surface area (Å²) in [5, 5.41) is 3.17. The second-order valence-electron chi connectivity index (χ2n) is 9.00. The number of rotatable bonds is 9. The van der Waals surface area contributed by atoms with Crippen LogP contribution in [0.5, 0.6) is 0 Å². The third kappa shape index (κ3) is 7.33. The molecular weight excluding hydrogens is 528 g/mol. The van der Waals surface area contributed by atoms with Crippen LogP contribution in [0.25, 0.3) is 0 Å². The van der Waals surface area contributed by atoms with Crippen LogP contribution in [-0.4, -0.2) is 50.0 Å². The van der Waals surface area contributed by atoms with Gasteiger partial charge < -0.3 is 10.2 Å². The molecule has 1 aliphatic carbocycles. The van der Waals surface area contributed by atoms with Crippen molar-refractivity contribution < 1.29 is 22.4 Å². The molecule has 0 aliphatic heterocycles. The van der Waals surface area contributed by atoms with E-state index in [0.717, 1.165) is 54.8 Å². The summed E-state index contributed by atoms with van der Waals surface area (Å²) in [7, 11) is -3.95. The summed E-state index contributed by atoms with van der Waals surface area (Å²) in [4.78, 5) is 28.0. The molecule has 0 saturated heterocycles. The fourth-order valence-electron chi connectivity index (χ4n) is 4.22. The van der Waals surface area contributed by atoms with Crippen LogP contribution in [0, 0.1) is 5.82 Å². The molecule has 1 saturated carbocycles. The number of hydrogen-bond acceptors (Lipinski definition) is 4. The summed E-state index contributed by atoms with van der Waals surface area (Å²) < 4.78 is 39.7. The predicted octanol–water partition coefficient (Wildman–Crippen LogP) is 4.76.